The molecule has 1 aliphatic rings. The van der Waals surface area contributed by atoms with E-state index in [1.807, 2.05) is 0 Å². The molecule has 23 heavy (non-hydrogen) atoms. The summed E-state index contributed by atoms with van der Waals surface area (Å²) in [5.41, 5.74) is 2.39. The standard InChI is InChI=1S/C16H15N3O4/c20-15(21)9-23-13-3-1-2-11(6-13)16(22)19-5-4-12-7-17-10-18-14(12)8-19/h1-3,6-7,10H,4-5,8-9H2,(H,20,21). The zero-order chi connectivity index (χ0) is 16.2. The van der Waals surface area contributed by atoms with E-state index < -0.39 is 12.6 Å². The number of carbonyl (C=O) groups excluding carboxylic acids is 1. The molecule has 0 atom stereocenters. The molecule has 0 saturated heterocycles. The van der Waals surface area contributed by atoms with E-state index in [-0.39, 0.29) is 5.91 Å². The molecule has 1 N–H and O–H groups in total. The number of ether oxygens (including phenoxy) is 1. The first-order chi connectivity index (χ1) is 11.1. The van der Waals surface area contributed by atoms with Crippen LogP contribution in [0.25, 0.3) is 0 Å². The molecule has 0 unspecified atom stereocenters. The largest absolute Gasteiger partial charge is 0.482 e. The van der Waals surface area contributed by atoms with Gasteiger partial charge in [0.2, 0.25) is 0 Å². The number of aromatic nitrogens is 2. The van der Waals surface area contributed by atoms with Gasteiger partial charge in [0.1, 0.15) is 12.1 Å². The maximum absolute atomic E-state index is 12.6. The van der Waals surface area contributed by atoms with Crippen molar-refractivity contribution in [3.8, 4) is 5.75 Å². The van der Waals surface area contributed by atoms with Crippen LogP contribution in [0.2, 0.25) is 0 Å². The maximum atomic E-state index is 12.6. The Balaban J connectivity index is 1.73. The molecule has 1 amide bonds. The molecule has 0 saturated carbocycles. The van der Waals surface area contributed by atoms with Gasteiger partial charge in [-0.25, -0.2) is 14.8 Å². The summed E-state index contributed by atoms with van der Waals surface area (Å²) in [5, 5.41) is 8.64. The van der Waals surface area contributed by atoms with Gasteiger partial charge in [0.25, 0.3) is 5.91 Å². The maximum Gasteiger partial charge on any atom is 0.341 e. The molecule has 7 nitrogen and oxygen atoms in total. The van der Waals surface area contributed by atoms with Gasteiger partial charge in [-0.3, -0.25) is 4.79 Å². The molecular weight excluding hydrogens is 298 g/mol. The topological polar surface area (TPSA) is 92.6 Å². The number of aliphatic carboxylic acids is 1. The first-order valence-corrected chi connectivity index (χ1v) is 7.15. The quantitative estimate of drug-likeness (QED) is 0.910. The predicted octanol–water partition coefficient (Wildman–Crippen LogP) is 1.14. The van der Waals surface area contributed by atoms with Crippen molar-refractivity contribution in [1.29, 1.82) is 0 Å². The van der Waals surface area contributed by atoms with Crippen LogP contribution < -0.4 is 4.74 Å². The number of carboxylic acids is 1. The number of rotatable bonds is 4. The van der Waals surface area contributed by atoms with Crippen molar-refractivity contribution in [2.45, 2.75) is 13.0 Å². The zero-order valence-electron chi connectivity index (χ0n) is 12.3. The predicted molar refractivity (Wildman–Crippen MR) is 80.0 cm³/mol. The van der Waals surface area contributed by atoms with Crippen LogP contribution in [0.4, 0.5) is 0 Å². The van der Waals surface area contributed by atoms with Gasteiger partial charge in [-0.2, -0.15) is 0 Å². The van der Waals surface area contributed by atoms with Crippen LogP contribution in [0.15, 0.2) is 36.8 Å². The van der Waals surface area contributed by atoms with Gasteiger partial charge in [0.15, 0.2) is 6.61 Å². The van der Waals surface area contributed by atoms with Crippen molar-refractivity contribution >= 4 is 11.9 Å². The zero-order valence-corrected chi connectivity index (χ0v) is 12.3. The number of nitrogens with zero attached hydrogens (tertiary/aromatic N) is 3. The van der Waals surface area contributed by atoms with Crippen LogP contribution in [-0.4, -0.2) is 45.0 Å². The van der Waals surface area contributed by atoms with Crippen LogP contribution in [-0.2, 0) is 17.8 Å². The summed E-state index contributed by atoms with van der Waals surface area (Å²) < 4.78 is 5.11. The monoisotopic (exact) mass is 313 g/mol. The second-order valence-corrected chi connectivity index (χ2v) is 5.18. The van der Waals surface area contributed by atoms with Crippen molar-refractivity contribution in [2.24, 2.45) is 0 Å². The molecular formula is C16H15N3O4. The number of hydrogen-bond donors (Lipinski definition) is 1. The number of hydrogen-bond acceptors (Lipinski definition) is 5. The van der Waals surface area contributed by atoms with Crippen molar-refractivity contribution in [3.05, 3.63) is 53.6 Å². The van der Waals surface area contributed by atoms with Gasteiger partial charge >= 0.3 is 5.97 Å². The van der Waals surface area contributed by atoms with E-state index >= 15 is 0 Å². The molecule has 1 aromatic heterocycles. The van der Waals surface area contributed by atoms with Crippen molar-refractivity contribution in [2.75, 3.05) is 13.2 Å². The van der Waals surface area contributed by atoms with Gasteiger partial charge < -0.3 is 14.7 Å². The first kappa shape index (κ1) is 15.0. The van der Waals surface area contributed by atoms with E-state index in [1.165, 1.54) is 6.33 Å². The van der Waals surface area contributed by atoms with Crippen LogP contribution in [0.3, 0.4) is 0 Å². The lowest BCUT2D eigenvalue weighted by Crippen LogP contribution is -2.36. The van der Waals surface area contributed by atoms with Crippen LogP contribution in [0, 0.1) is 0 Å². The molecule has 0 fully saturated rings. The third-order valence-electron chi connectivity index (χ3n) is 3.60. The molecule has 118 valence electrons. The summed E-state index contributed by atoms with van der Waals surface area (Å²) in [6, 6.07) is 6.54. The molecule has 1 aromatic carbocycles. The summed E-state index contributed by atoms with van der Waals surface area (Å²) in [6.45, 7) is 0.599. The molecule has 1 aliphatic heterocycles. The molecule has 2 heterocycles. The van der Waals surface area contributed by atoms with Crippen LogP contribution >= 0.6 is 0 Å². The summed E-state index contributed by atoms with van der Waals surface area (Å²) >= 11 is 0. The average molecular weight is 313 g/mol. The summed E-state index contributed by atoms with van der Waals surface area (Å²) in [6.07, 6.45) is 3.98. The van der Waals surface area contributed by atoms with E-state index in [2.05, 4.69) is 9.97 Å². The normalized spacial score (nSPS) is 13.3. The highest BCUT2D eigenvalue weighted by Crippen LogP contribution is 2.20. The first-order valence-electron chi connectivity index (χ1n) is 7.15. The summed E-state index contributed by atoms with van der Waals surface area (Å²) in [7, 11) is 0. The van der Waals surface area contributed by atoms with Crippen molar-refractivity contribution < 1.29 is 19.4 Å². The third kappa shape index (κ3) is 3.45. The Morgan fingerprint density at radius 1 is 1.35 bits per heavy atom. The molecule has 3 rings (SSSR count). The fourth-order valence-electron chi connectivity index (χ4n) is 2.47. The van der Waals surface area contributed by atoms with Crippen LogP contribution in [0.5, 0.6) is 5.75 Å². The van der Waals surface area contributed by atoms with Gasteiger partial charge in [-0.05, 0) is 30.2 Å². The minimum absolute atomic E-state index is 0.130. The van der Waals surface area contributed by atoms with E-state index in [9.17, 15) is 9.59 Å². The highest BCUT2D eigenvalue weighted by molar-refractivity contribution is 5.94. The fourth-order valence-corrected chi connectivity index (χ4v) is 2.47. The Bertz CT molecular complexity index is 748. The molecule has 0 radical (unpaired) electrons. The smallest absolute Gasteiger partial charge is 0.341 e. The Morgan fingerprint density at radius 2 is 2.22 bits per heavy atom. The molecule has 0 spiro atoms. The van der Waals surface area contributed by atoms with E-state index in [1.54, 1.807) is 35.4 Å². The minimum atomic E-state index is -1.06. The Hall–Kier alpha value is -2.96. The Morgan fingerprint density at radius 3 is 3.04 bits per heavy atom. The average Bonchev–Trinajstić information content (AvgIpc) is 2.59. The SMILES string of the molecule is O=C(O)COc1cccc(C(=O)N2CCc3cncnc3C2)c1. The van der Waals surface area contributed by atoms with Gasteiger partial charge in [-0.15, -0.1) is 0 Å². The van der Waals surface area contributed by atoms with Crippen molar-refractivity contribution in [1.82, 2.24) is 14.9 Å². The van der Waals surface area contributed by atoms with E-state index in [0.29, 0.717) is 24.4 Å². The molecule has 7 heteroatoms. The Labute approximate surface area is 132 Å². The minimum Gasteiger partial charge on any atom is -0.482 e. The third-order valence-corrected chi connectivity index (χ3v) is 3.60. The molecule has 0 bridgehead atoms. The van der Waals surface area contributed by atoms with Gasteiger partial charge in [-0.1, -0.05) is 6.07 Å². The number of carboxylic acid groups (broad SMARTS) is 1. The summed E-state index contributed by atoms with van der Waals surface area (Å²) in [4.78, 5) is 33.1. The highest BCUT2D eigenvalue weighted by Gasteiger charge is 2.23. The van der Waals surface area contributed by atoms with Gasteiger partial charge in [0, 0.05) is 18.3 Å². The number of carbonyl (C=O) groups is 2. The lowest BCUT2D eigenvalue weighted by Gasteiger charge is -2.27. The molecule has 0 aliphatic carbocycles. The Kier molecular flexibility index (Phi) is 4.18. The summed E-state index contributed by atoms with van der Waals surface area (Å²) in [5.74, 6) is -0.831. The van der Waals surface area contributed by atoms with E-state index in [0.717, 1.165) is 17.7 Å². The fraction of sp³-hybridized carbons (Fsp3) is 0.250. The van der Waals surface area contributed by atoms with Crippen molar-refractivity contribution in [3.63, 3.8) is 0 Å². The second-order valence-electron chi connectivity index (χ2n) is 5.18. The number of fused-ring (bicyclic) bond motifs is 1. The number of amides is 1. The van der Waals surface area contributed by atoms with Crippen LogP contribution in [0.1, 0.15) is 21.6 Å². The highest BCUT2D eigenvalue weighted by atomic mass is 16.5. The van der Waals surface area contributed by atoms with E-state index in [4.69, 9.17) is 9.84 Å². The lowest BCUT2D eigenvalue weighted by molar-refractivity contribution is -0.139. The second kappa shape index (κ2) is 6.43. The lowest BCUT2D eigenvalue weighted by atomic mass is 10.1. The number of benzene rings is 1. The van der Waals surface area contributed by atoms with Gasteiger partial charge in [0.05, 0.1) is 12.2 Å². The molecule has 2 aromatic rings.